The third-order valence-electron chi connectivity index (χ3n) is 4.97. The van der Waals surface area contributed by atoms with Gasteiger partial charge in [-0.15, -0.1) is 24.0 Å². The number of nitrogens with one attached hydrogen (secondary N) is 2. The number of halogens is 4. The first-order valence-electron chi connectivity index (χ1n) is 9.95. The Labute approximate surface area is 199 Å². The van der Waals surface area contributed by atoms with Gasteiger partial charge in [0.2, 0.25) is 10.0 Å². The fourth-order valence-electron chi connectivity index (χ4n) is 3.10. The second-order valence-corrected chi connectivity index (χ2v) is 8.95. The van der Waals surface area contributed by atoms with Crippen molar-refractivity contribution in [2.45, 2.75) is 37.9 Å². The molecule has 1 fully saturated rings. The standard InChI is InChI=1S/C19H30F3N5O2S.HI/c1-4-23-18(27-13-11-26(12-14-27)16(3)19(20,21)22)24-9-10-25-30(28,29)17-7-5-15(2)6-8-17;/h5-8,16,25H,4,9-14H2,1-3H3,(H,23,24);1H. The Hall–Kier alpha value is -1.12. The van der Waals surface area contributed by atoms with E-state index in [-0.39, 0.29) is 55.1 Å². The first-order chi connectivity index (χ1) is 14.0. The zero-order valence-electron chi connectivity index (χ0n) is 17.9. The molecule has 2 N–H and O–H groups in total. The van der Waals surface area contributed by atoms with Gasteiger partial charge in [0.1, 0.15) is 6.04 Å². The molecule has 1 aliphatic rings. The van der Waals surface area contributed by atoms with Crippen molar-refractivity contribution < 1.29 is 21.6 Å². The molecular weight excluding hydrogens is 546 g/mol. The molecule has 12 heteroatoms. The summed E-state index contributed by atoms with van der Waals surface area (Å²) in [6.45, 7) is 7.30. The highest BCUT2D eigenvalue weighted by atomic mass is 127. The predicted molar refractivity (Wildman–Crippen MR) is 126 cm³/mol. The maximum Gasteiger partial charge on any atom is 0.403 e. The first kappa shape index (κ1) is 27.9. The highest BCUT2D eigenvalue weighted by molar-refractivity contribution is 14.0. The smallest absolute Gasteiger partial charge is 0.357 e. The summed E-state index contributed by atoms with van der Waals surface area (Å²) >= 11 is 0. The molecule has 1 saturated heterocycles. The normalized spacial score (nSPS) is 17.2. The van der Waals surface area contributed by atoms with Crippen LogP contribution in [0.4, 0.5) is 13.2 Å². The summed E-state index contributed by atoms with van der Waals surface area (Å²) in [5.74, 6) is 0.575. The predicted octanol–water partition coefficient (Wildman–Crippen LogP) is 2.43. The minimum Gasteiger partial charge on any atom is -0.357 e. The van der Waals surface area contributed by atoms with Gasteiger partial charge in [-0.05, 0) is 32.9 Å². The van der Waals surface area contributed by atoms with Gasteiger partial charge in [-0.3, -0.25) is 9.89 Å². The van der Waals surface area contributed by atoms with E-state index in [2.05, 4.69) is 15.0 Å². The monoisotopic (exact) mass is 577 g/mol. The molecule has 1 heterocycles. The van der Waals surface area contributed by atoms with Gasteiger partial charge in [0.25, 0.3) is 0 Å². The Morgan fingerprint density at radius 3 is 2.26 bits per heavy atom. The number of rotatable bonds is 7. The molecule has 0 saturated carbocycles. The van der Waals surface area contributed by atoms with Crippen LogP contribution < -0.4 is 10.0 Å². The van der Waals surface area contributed by atoms with Crippen molar-refractivity contribution in [2.75, 3.05) is 45.8 Å². The van der Waals surface area contributed by atoms with Crippen LogP contribution in [0.1, 0.15) is 19.4 Å². The summed E-state index contributed by atoms with van der Waals surface area (Å²) in [5.41, 5.74) is 0.971. The molecule has 1 aliphatic heterocycles. The van der Waals surface area contributed by atoms with E-state index in [1.54, 1.807) is 24.3 Å². The number of aryl methyl sites for hydroxylation is 1. The zero-order valence-corrected chi connectivity index (χ0v) is 21.1. The molecule has 31 heavy (non-hydrogen) atoms. The van der Waals surface area contributed by atoms with Gasteiger partial charge in [-0.25, -0.2) is 13.1 Å². The summed E-state index contributed by atoms with van der Waals surface area (Å²) in [6.07, 6.45) is -4.24. The van der Waals surface area contributed by atoms with Crippen molar-refractivity contribution in [1.29, 1.82) is 0 Å². The summed E-state index contributed by atoms with van der Waals surface area (Å²) in [7, 11) is -3.61. The molecule has 178 valence electrons. The minimum atomic E-state index is -4.24. The molecule has 0 amide bonds. The number of piperazine rings is 1. The van der Waals surface area contributed by atoms with E-state index in [9.17, 15) is 21.6 Å². The van der Waals surface area contributed by atoms with E-state index in [0.29, 0.717) is 25.6 Å². The largest absolute Gasteiger partial charge is 0.403 e. The second kappa shape index (κ2) is 12.2. The van der Waals surface area contributed by atoms with Crippen molar-refractivity contribution in [1.82, 2.24) is 19.8 Å². The minimum absolute atomic E-state index is 0. The van der Waals surface area contributed by atoms with E-state index in [1.165, 1.54) is 11.8 Å². The van der Waals surface area contributed by atoms with Gasteiger partial charge in [-0.2, -0.15) is 13.2 Å². The van der Waals surface area contributed by atoms with Crippen LogP contribution >= 0.6 is 24.0 Å². The second-order valence-electron chi connectivity index (χ2n) is 7.19. The number of sulfonamides is 1. The molecular formula is C19H31F3IN5O2S. The number of nitrogens with zero attached hydrogens (tertiary/aromatic N) is 3. The van der Waals surface area contributed by atoms with Crippen LogP contribution in [0, 0.1) is 6.92 Å². The van der Waals surface area contributed by atoms with Crippen molar-refractivity contribution in [3.8, 4) is 0 Å². The average molecular weight is 577 g/mol. The van der Waals surface area contributed by atoms with Crippen LogP contribution in [-0.2, 0) is 10.0 Å². The van der Waals surface area contributed by atoms with Crippen LogP contribution in [0.3, 0.4) is 0 Å². The van der Waals surface area contributed by atoms with E-state index in [1.807, 2.05) is 18.7 Å². The Bertz CT molecular complexity index is 811. The van der Waals surface area contributed by atoms with Gasteiger partial charge in [0.15, 0.2) is 5.96 Å². The molecule has 1 atom stereocenters. The lowest BCUT2D eigenvalue weighted by Crippen LogP contribution is -2.56. The average Bonchev–Trinajstić information content (AvgIpc) is 2.69. The Kier molecular flexibility index (Phi) is 11.0. The van der Waals surface area contributed by atoms with E-state index >= 15 is 0 Å². The zero-order chi connectivity index (χ0) is 22.4. The SMILES string of the molecule is CCNC(=NCCNS(=O)(=O)c1ccc(C)cc1)N1CCN(C(C)C(F)(F)F)CC1.I. The number of benzene rings is 1. The molecule has 1 aromatic carbocycles. The third kappa shape index (κ3) is 8.39. The Morgan fingerprint density at radius 2 is 1.74 bits per heavy atom. The fraction of sp³-hybridized carbons (Fsp3) is 0.632. The van der Waals surface area contributed by atoms with Gasteiger partial charge in [0.05, 0.1) is 11.4 Å². The van der Waals surface area contributed by atoms with Gasteiger partial charge < -0.3 is 10.2 Å². The van der Waals surface area contributed by atoms with Crippen LogP contribution in [0.5, 0.6) is 0 Å². The molecule has 2 rings (SSSR count). The highest BCUT2D eigenvalue weighted by Crippen LogP contribution is 2.25. The number of alkyl halides is 3. The van der Waals surface area contributed by atoms with Crippen molar-refractivity contribution >= 4 is 40.0 Å². The molecule has 0 spiro atoms. The number of hydrogen-bond donors (Lipinski definition) is 2. The van der Waals surface area contributed by atoms with Crippen LogP contribution in [0.25, 0.3) is 0 Å². The number of hydrogen-bond acceptors (Lipinski definition) is 4. The van der Waals surface area contributed by atoms with Gasteiger partial charge in [-0.1, -0.05) is 17.7 Å². The maximum absolute atomic E-state index is 12.9. The summed E-state index contributed by atoms with van der Waals surface area (Å²) < 4.78 is 65.9. The maximum atomic E-state index is 12.9. The summed E-state index contributed by atoms with van der Waals surface area (Å²) in [5, 5.41) is 3.12. The van der Waals surface area contributed by atoms with Crippen molar-refractivity contribution in [3.05, 3.63) is 29.8 Å². The van der Waals surface area contributed by atoms with Crippen molar-refractivity contribution in [2.24, 2.45) is 4.99 Å². The molecule has 0 aliphatic carbocycles. The topological polar surface area (TPSA) is 77.0 Å². The highest BCUT2D eigenvalue weighted by Gasteiger charge is 2.41. The molecule has 0 aromatic heterocycles. The van der Waals surface area contributed by atoms with Gasteiger partial charge >= 0.3 is 6.18 Å². The number of guanidine groups is 1. The quantitative estimate of drug-likeness (QED) is 0.226. The van der Waals surface area contributed by atoms with Crippen molar-refractivity contribution in [3.63, 3.8) is 0 Å². The van der Waals surface area contributed by atoms with E-state index in [0.717, 1.165) is 5.56 Å². The Balaban J connectivity index is 0.00000480. The Morgan fingerprint density at radius 1 is 1.16 bits per heavy atom. The van der Waals surface area contributed by atoms with E-state index < -0.39 is 22.2 Å². The van der Waals surface area contributed by atoms with Crippen LogP contribution in [0.2, 0.25) is 0 Å². The molecule has 0 bridgehead atoms. The molecule has 1 unspecified atom stereocenters. The summed E-state index contributed by atoms with van der Waals surface area (Å²) in [6, 6.07) is 5.08. The first-order valence-corrected chi connectivity index (χ1v) is 11.4. The molecule has 0 radical (unpaired) electrons. The third-order valence-corrected chi connectivity index (χ3v) is 6.44. The van der Waals surface area contributed by atoms with Gasteiger partial charge in [0, 0.05) is 39.3 Å². The molecule has 1 aromatic rings. The fourth-order valence-corrected chi connectivity index (χ4v) is 4.12. The lowest BCUT2D eigenvalue weighted by atomic mass is 10.2. The van der Waals surface area contributed by atoms with Crippen LogP contribution in [0.15, 0.2) is 34.2 Å². The lowest BCUT2D eigenvalue weighted by molar-refractivity contribution is -0.181. The number of aliphatic imine (C=N–C) groups is 1. The molecule has 7 nitrogen and oxygen atoms in total. The lowest BCUT2D eigenvalue weighted by Gasteiger charge is -2.39. The summed E-state index contributed by atoms with van der Waals surface area (Å²) in [4.78, 5) is 7.94. The van der Waals surface area contributed by atoms with E-state index in [4.69, 9.17) is 0 Å². The van der Waals surface area contributed by atoms with Crippen LogP contribution in [-0.4, -0.2) is 82.2 Å².